The Bertz CT molecular complexity index is 784. The predicted molar refractivity (Wildman–Crippen MR) is 106 cm³/mol. The Morgan fingerprint density at radius 1 is 1.07 bits per heavy atom. The van der Waals surface area contributed by atoms with Crippen LogP contribution in [0.1, 0.15) is 29.3 Å². The van der Waals surface area contributed by atoms with E-state index in [-0.39, 0.29) is 11.8 Å². The average Bonchev–Trinajstić information content (AvgIpc) is 2.73. The summed E-state index contributed by atoms with van der Waals surface area (Å²) in [6.07, 6.45) is 0.400. The zero-order valence-corrected chi connectivity index (χ0v) is 15.5. The predicted octanol–water partition coefficient (Wildman–Crippen LogP) is 2.80. The van der Waals surface area contributed by atoms with E-state index in [4.69, 9.17) is 4.74 Å². The van der Waals surface area contributed by atoms with Crippen molar-refractivity contribution < 1.29 is 14.3 Å². The number of carbonyl (C=O) groups is 2. The summed E-state index contributed by atoms with van der Waals surface area (Å²) in [5, 5.41) is 5.69. The van der Waals surface area contributed by atoms with Crippen LogP contribution in [0.3, 0.4) is 0 Å². The molecule has 1 fully saturated rings. The molecule has 3 rings (SSSR count). The second-order valence-electron chi connectivity index (χ2n) is 6.43. The first-order chi connectivity index (χ1) is 13.2. The van der Waals surface area contributed by atoms with Gasteiger partial charge in [0.2, 0.25) is 5.91 Å². The van der Waals surface area contributed by atoms with E-state index in [1.807, 2.05) is 12.1 Å². The van der Waals surface area contributed by atoms with Crippen LogP contribution in [0.5, 0.6) is 0 Å². The van der Waals surface area contributed by atoms with Crippen molar-refractivity contribution in [1.82, 2.24) is 5.32 Å². The molecule has 0 radical (unpaired) electrons. The van der Waals surface area contributed by atoms with E-state index in [1.54, 1.807) is 31.2 Å². The van der Waals surface area contributed by atoms with E-state index in [1.165, 1.54) is 5.69 Å². The summed E-state index contributed by atoms with van der Waals surface area (Å²) in [5.74, 6) is -0.243. The molecule has 0 unspecified atom stereocenters. The van der Waals surface area contributed by atoms with Gasteiger partial charge in [0, 0.05) is 43.0 Å². The maximum absolute atomic E-state index is 12.4. The maximum Gasteiger partial charge on any atom is 0.251 e. The molecule has 0 spiro atoms. The molecule has 2 N–H and O–H groups in total. The standard InChI is InChI=1S/C21H25N3O3/c1-2-20(25)23-18-5-3-4-17(14-18)21(26)22-15-16-6-8-19(9-7-16)24-10-12-27-13-11-24/h3-9,14H,2,10-13,15H2,1H3,(H,22,26)(H,23,25). The molecule has 2 amide bonds. The molecule has 142 valence electrons. The van der Waals surface area contributed by atoms with Crippen molar-refractivity contribution in [3.05, 3.63) is 59.7 Å². The molecule has 1 aliphatic heterocycles. The van der Waals surface area contributed by atoms with Crippen LogP contribution >= 0.6 is 0 Å². The molecule has 1 aliphatic rings. The number of nitrogens with one attached hydrogen (secondary N) is 2. The van der Waals surface area contributed by atoms with E-state index in [0.717, 1.165) is 31.9 Å². The molecule has 2 aromatic carbocycles. The second-order valence-corrected chi connectivity index (χ2v) is 6.43. The molecule has 0 saturated carbocycles. The molecule has 0 atom stereocenters. The third-order valence-corrected chi connectivity index (χ3v) is 4.50. The summed E-state index contributed by atoms with van der Waals surface area (Å²) in [7, 11) is 0. The largest absolute Gasteiger partial charge is 0.378 e. The molecule has 6 nitrogen and oxygen atoms in total. The van der Waals surface area contributed by atoms with E-state index in [2.05, 4.69) is 27.7 Å². The Labute approximate surface area is 159 Å². The summed E-state index contributed by atoms with van der Waals surface area (Å²) >= 11 is 0. The van der Waals surface area contributed by atoms with Crippen molar-refractivity contribution in [3.63, 3.8) is 0 Å². The van der Waals surface area contributed by atoms with Crippen molar-refractivity contribution in [1.29, 1.82) is 0 Å². The zero-order valence-electron chi connectivity index (χ0n) is 15.5. The Hall–Kier alpha value is -2.86. The Balaban J connectivity index is 1.55. The highest BCUT2D eigenvalue weighted by Gasteiger charge is 2.11. The van der Waals surface area contributed by atoms with Crippen LogP contribution in [-0.4, -0.2) is 38.1 Å². The van der Waals surface area contributed by atoms with Gasteiger partial charge in [-0.05, 0) is 35.9 Å². The fourth-order valence-corrected chi connectivity index (χ4v) is 2.92. The molecule has 0 aromatic heterocycles. The van der Waals surface area contributed by atoms with E-state index in [9.17, 15) is 9.59 Å². The average molecular weight is 367 g/mol. The van der Waals surface area contributed by atoms with Gasteiger partial charge in [0.1, 0.15) is 0 Å². The summed E-state index contributed by atoms with van der Waals surface area (Å²) in [6.45, 7) is 5.57. The lowest BCUT2D eigenvalue weighted by atomic mass is 10.1. The van der Waals surface area contributed by atoms with Crippen LogP contribution < -0.4 is 15.5 Å². The molecule has 27 heavy (non-hydrogen) atoms. The Morgan fingerprint density at radius 2 is 1.81 bits per heavy atom. The van der Waals surface area contributed by atoms with Gasteiger partial charge in [-0.2, -0.15) is 0 Å². The quantitative estimate of drug-likeness (QED) is 0.824. The van der Waals surface area contributed by atoms with E-state index < -0.39 is 0 Å². The van der Waals surface area contributed by atoms with Crippen molar-refractivity contribution in [3.8, 4) is 0 Å². The SMILES string of the molecule is CCC(=O)Nc1cccc(C(=O)NCc2ccc(N3CCOCC3)cc2)c1. The Kier molecular flexibility index (Phi) is 6.44. The van der Waals surface area contributed by atoms with Gasteiger partial charge in [0.05, 0.1) is 13.2 Å². The number of hydrogen-bond donors (Lipinski definition) is 2. The van der Waals surface area contributed by atoms with E-state index >= 15 is 0 Å². The van der Waals surface area contributed by atoms with Gasteiger partial charge in [0.15, 0.2) is 0 Å². The molecular weight excluding hydrogens is 342 g/mol. The van der Waals surface area contributed by atoms with Gasteiger partial charge in [-0.1, -0.05) is 25.1 Å². The van der Waals surface area contributed by atoms with Crippen LogP contribution in [0.2, 0.25) is 0 Å². The Morgan fingerprint density at radius 3 is 2.52 bits per heavy atom. The smallest absolute Gasteiger partial charge is 0.251 e. The van der Waals surface area contributed by atoms with Crippen molar-refractivity contribution >= 4 is 23.2 Å². The molecular formula is C21H25N3O3. The normalized spacial score (nSPS) is 13.9. The van der Waals surface area contributed by atoms with Crippen molar-refractivity contribution in [2.45, 2.75) is 19.9 Å². The van der Waals surface area contributed by atoms with Gasteiger partial charge >= 0.3 is 0 Å². The molecule has 1 heterocycles. The topological polar surface area (TPSA) is 70.7 Å². The highest BCUT2D eigenvalue weighted by molar-refractivity contribution is 5.97. The van der Waals surface area contributed by atoms with Crippen molar-refractivity contribution in [2.24, 2.45) is 0 Å². The van der Waals surface area contributed by atoms with Crippen LogP contribution in [0.15, 0.2) is 48.5 Å². The number of carbonyl (C=O) groups excluding carboxylic acids is 2. The van der Waals surface area contributed by atoms with Crippen LogP contribution in [0.4, 0.5) is 11.4 Å². The lowest BCUT2D eigenvalue weighted by Gasteiger charge is -2.28. The highest BCUT2D eigenvalue weighted by atomic mass is 16.5. The molecule has 6 heteroatoms. The van der Waals surface area contributed by atoms with Gasteiger partial charge in [-0.25, -0.2) is 0 Å². The summed E-state index contributed by atoms with van der Waals surface area (Å²) in [4.78, 5) is 26.2. The monoisotopic (exact) mass is 367 g/mol. The number of hydrogen-bond acceptors (Lipinski definition) is 4. The van der Waals surface area contributed by atoms with Crippen LogP contribution in [-0.2, 0) is 16.1 Å². The minimum atomic E-state index is -0.167. The lowest BCUT2D eigenvalue weighted by Crippen LogP contribution is -2.36. The van der Waals surface area contributed by atoms with Gasteiger partial charge in [-0.3, -0.25) is 9.59 Å². The van der Waals surface area contributed by atoms with E-state index in [0.29, 0.717) is 24.2 Å². The first-order valence-corrected chi connectivity index (χ1v) is 9.25. The van der Waals surface area contributed by atoms with Crippen molar-refractivity contribution in [2.75, 3.05) is 36.5 Å². The summed E-state index contributed by atoms with van der Waals surface area (Å²) < 4.78 is 5.38. The molecule has 1 saturated heterocycles. The number of morpholine rings is 1. The second kappa shape index (κ2) is 9.19. The minimum Gasteiger partial charge on any atom is -0.378 e. The first kappa shape index (κ1) is 18.9. The molecule has 2 aromatic rings. The minimum absolute atomic E-state index is 0.0760. The number of nitrogens with zero attached hydrogens (tertiary/aromatic N) is 1. The third-order valence-electron chi connectivity index (χ3n) is 4.50. The lowest BCUT2D eigenvalue weighted by molar-refractivity contribution is -0.115. The van der Waals surface area contributed by atoms with Gasteiger partial charge < -0.3 is 20.3 Å². The number of amides is 2. The number of benzene rings is 2. The number of rotatable bonds is 6. The van der Waals surface area contributed by atoms with Gasteiger partial charge in [-0.15, -0.1) is 0 Å². The summed E-state index contributed by atoms with van der Waals surface area (Å²) in [6, 6.07) is 15.2. The zero-order chi connectivity index (χ0) is 19.1. The molecule has 0 bridgehead atoms. The molecule has 0 aliphatic carbocycles. The van der Waals surface area contributed by atoms with Crippen LogP contribution in [0.25, 0.3) is 0 Å². The maximum atomic E-state index is 12.4. The fraction of sp³-hybridized carbons (Fsp3) is 0.333. The van der Waals surface area contributed by atoms with Crippen LogP contribution in [0, 0.1) is 0 Å². The van der Waals surface area contributed by atoms with Gasteiger partial charge in [0.25, 0.3) is 5.91 Å². The highest BCUT2D eigenvalue weighted by Crippen LogP contribution is 2.17. The first-order valence-electron chi connectivity index (χ1n) is 9.25. The third kappa shape index (κ3) is 5.31. The fourth-order valence-electron chi connectivity index (χ4n) is 2.92. The number of anilines is 2. The summed E-state index contributed by atoms with van der Waals surface area (Å²) in [5.41, 5.74) is 3.36. The number of ether oxygens (including phenoxy) is 1.